The zero-order valence-electron chi connectivity index (χ0n) is 20.7. The molecular weight excluding hydrogens is 455 g/mol. The molecule has 1 fully saturated rings. The Bertz CT molecular complexity index is 1270. The summed E-state index contributed by atoms with van der Waals surface area (Å²) in [5.74, 6) is 0.306. The van der Waals surface area contributed by atoms with Crippen LogP contribution < -0.4 is 10.1 Å². The third-order valence-corrected chi connectivity index (χ3v) is 6.97. The van der Waals surface area contributed by atoms with Crippen LogP contribution in [-0.2, 0) is 16.0 Å². The van der Waals surface area contributed by atoms with Crippen molar-refractivity contribution in [2.75, 3.05) is 11.9 Å². The second-order valence-corrected chi connectivity index (χ2v) is 9.74. The van der Waals surface area contributed by atoms with Gasteiger partial charge in [0.25, 0.3) is 5.91 Å². The number of benzene rings is 3. The largest absolute Gasteiger partial charge is 0.481 e. The molecule has 2 aliphatic rings. The van der Waals surface area contributed by atoms with Crippen LogP contribution in [0.1, 0.15) is 54.5 Å². The molecule has 6 heteroatoms. The zero-order valence-corrected chi connectivity index (χ0v) is 20.7. The average molecular weight is 487 g/mol. The molecule has 3 aromatic carbocycles. The highest BCUT2D eigenvalue weighted by molar-refractivity contribution is 5.94. The number of halogens is 1. The SMILES string of the molecule is CC[C@@H](Oc1ccc2c(c1)[C@@H](c1cccc(C)c1)N(C(=O)C1CC1)CC2)C(=O)Nc1ccc(F)cc1. The van der Waals surface area contributed by atoms with Gasteiger partial charge in [-0.25, -0.2) is 4.39 Å². The van der Waals surface area contributed by atoms with Gasteiger partial charge in [0.05, 0.1) is 6.04 Å². The lowest BCUT2D eigenvalue weighted by Crippen LogP contribution is -2.41. The Morgan fingerprint density at radius 2 is 1.86 bits per heavy atom. The van der Waals surface area contributed by atoms with E-state index >= 15 is 0 Å². The van der Waals surface area contributed by atoms with Gasteiger partial charge in [-0.3, -0.25) is 9.59 Å². The van der Waals surface area contributed by atoms with E-state index in [0.29, 0.717) is 24.4 Å². The van der Waals surface area contributed by atoms with E-state index in [0.717, 1.165) is 36.0 Å². The zero-order chi connectivity index (χ0) is 25.2. The van der Waals surface area contributed by atoms with E-state index in [1.54, 1.807) is 0 Å². The van der Waals surface area contributed by atoms with Crippen LogP contribution in [0.25, 0.3) is 0 Å². The molecule has 0 bridgehead atoms. The fraction of sp³-hybridized carbons (Fsp3) is 0.333. The fourth-order valence-corrected chi connectivity index (χ4v) is 4.91. The van der Waals surface area contributed by atoms with E-state index < -0.39 is 6.10 Å². The van der Waals surface area contributed by atoms with Crippen LogP contribution in [0.2, 0.25) is 0 Å². The first-order valence-electron chi connectivity index (χ1n) is 12.7. The van der Waals surface area contributed by atoms with Crippen molar-refractivity contribution in [1.82, 2.24) is 4.90 Å². The molecule has 1 N–H and O–H groups in total. The van der Waals surface area contributed by atoms with Crippen molar-refractivity contribution in [2.24, 2.45) is 5.92 Å². The highest BCUT2D eigenvalue weighted by atomic mass is 19.1. The van der Waals surface area contributed by atoms with Crippen LogP contribution >= 0.6 is 0 Å². The number of nitrogens with zero attached hydrogens (tertiary/aromatic N) is 1. The molecule has 1 aliphatic carbocycles. The van der Waals surface area contributed by atoms with Gasteiger partial charge in [-0.05, 0) is 85.7 Å². The summed E-state index contributed by atoms with van der Waals surface area (Å²) in [6.45, 7) is 4.64. The predicted octanol–water partition coefficient (Wildman–Crippen LogP) is 5.81. The van der Waals surface area contributed by atoms with Crippen LogP contribution in [0.5, 0.6) is 5.75 Å². The lowest BCUT2D eigenvalue weighted by Gasteiger charge is -2.38. The van der Waals surface area contributed by atoms with Gasteiger partial charge in [0, 0.05) is 18.2 Å². The predicted molar refractivity (Wildman–Crippen MR) is 137 cm³/mol. The van der Waals surface area contributed by atoms with Gasteiger partial charge in [-0.2, -0.15) is 0 Å². The van der Waals surface area contributed by atoms with Gasteiger partial charge in [0.2, 0.25) is 5.91 Å². The summed E-state index contributed by atoms with van der Waals surface area (Å²) in [5.41, 5.74) is 4.99. The molecule has 5 nitrogen and oxygen atoms in total. The summed E-state index contributed by atoms with van der Waals surface area (Å²) in [7, 11) is 0. The quantitative estimate of drug-likeness (QED) is 0.458. The Kier molecular flexibility index (Phi) is 6.77. The van der Waals surface area contributed by atoms with Gasteiger partial charge >= 0.3 is 0 Å². The molecule has 1 heterocycles. The summed E-state index contributed by atoms with van der Waals surface area (Å²) >= 11 is 0. The van der Waals surface area contributed by atoms with Crippen molar-refractivity contribution >= 4 is 17.5 Å². The van der Waals surface area contributed by atoms with Crippen molar-refractivity contribution in [3.63, 3.8) is 0 Å². The standard InChI is InChI=1S/C30H31FN2O3/c1-3-27(29(34)32-24-12-10-23(31)11-13-24)36-25-14-9-20-15-16-33(30(35)21-7-8-21)28(26(20)18-25)22-6-4-5-19(2)17-22/h4-6,9-14,17-18,21,27-28H,3,7-8,15-16H2,1-2H3,(H,32,34)/t27-,28-/m1/s1. The number of hydrogen-bond acceptors (Lipinski definition) is 3. The number of anilines is 1. The second-order valence-electron chi connectivity index (χ2n) is 9.74. The van der Waals surface area contributed by atoms with E-state index in [2.05, 4.69) is 36.5 Å². The topological polar surface area (TPSA) is 58.6 Å². The van der Waals surface area contributed by atoms with E-state index in [1.165, 1.54) is 29.8 Å². The molecule has 2 amide bonds. The van der Waals surface area contributed by atoms with Crippen molar-refractivity contribution in [3.8, 4) is 5.75 Å². The molecule has 0 spiro atoms. The van der Waals surface area contributed by atoms with Gasteiger partial charge < -0.3 is 15.0 Å². The van der Waals surface area contributed by atoms with E-state index in [9.17, 15) is 14.0 Å². The highest BCUT2D eigenvalue weighted by Crippen LogP contribution is 2.41. The maximum Gasteiger partial charge on any atom is 0.265 e. The molecule has 36 heavy (non-hydrogen) atoms. The minimum absolute atomic E-state index is 0.137. The molecular formula is C30H31FN2O3. The Labute approximate surface area is 211 Å². The number of amides is 2. The number of aryl methyl sites for hydroxylation is 1. The molecule has 0 saturated heterocycles. The number of rotatable bonds is 7. The first-order valence-corrected chi connectivity index (χ1v) is 12.7. The molecule has 186 valence electrons. The third kappa shape index (κ3) is 5.13. The summed E-state index contributed by atoms with van der Waals surface area (Å²) in [5, 5.41) is 2.80. The molecule has 5 rings (SSSR count). The van der Waals surface area contributed by atoms with E-state index in [1.807, 2.05) is 30.0 Å². The first-order chi connectivity index (χ1) is 17.4. The average Bonchev–Trinajstić information content (AvgIpc) is 3.73. The van der Waals surface area contributed by atoms with Crippen LogP contribution in [0.4, 0.5) is 10.1 Å². The molecule has 1 aliphatic heterocycles. The summed E-state index contributed by atoms with van der Waals surface area (Å²) in [6.07, 6.45) is 2.48. The maximum atomic E-state index is 13.3. The number of fused-ring (bicyclic) bond motifs is 1. The molecule has 0 radical (unpaired) electrons. The smallest absolute Gasteiger partial charge is 0.265 e. The van der Waals surface area contributed by atoms with Gasteiger partial charge in [0.1, 0.15) is 11.6 Å². The summed E-state index contributed by atoms with van der Waals surface area (Å²) in [4.78, 5) is 28.2. The van der Waals surface area contributed by atoms with E-state index in [-0.39, 0.29) is 29.6 Å². The molecule has 0 unspecified atom stereocenters. The van der Waals surface area contributed by atoms with Gasteiger partial charge in [0.15, 0.2) is 6.10 Å². The van der Waals surface area contributed by atoms with Crippen molar-refractivity contribution in [1.29, 1.82) is 0 Å². The molecule has 0 aromatic heterocycles. The van der Waals surface area contributed by atoms with Crippen molar-refractivity contribution in [3.05, 3.63) is 94.8 Å². The van der Waals surface area contributed by atoms with E-state index in [4.69, 9.17) is 4.74 Å². The van der Waals surface area contributed by atoms with Crippen LogP contribution in [0.3, 0.4) is 0 Å². The minimum atomic E-state index is -0.710. The number of ether oxygens (including phenoxy) is 1. The summed E-state index contributed by atoms with van der Waals surface area (Å²) in [6, 6.07) is 19.7. The molecule has 3 aromatic rings. The van der Waals surface area contributed by atoms with Crippen molar-refractivity contribution < 1.29 is 18.7 Å². The Morgan fingerprint density at radius 1 is 1.08 bits per heavy atom. The van der Waals surface area contributed by atoms with Gasteiger partial charge in [-0.1, -0.05) is 42.8 Å². The normalized spacial score (nSPS) is 17.8. The third-order valence-electron chi connectivity index (χ3n) is 6.97. The Hall–Kier alpha value is -3.67. The first kappa shape index (κ1) is 24.0. The van der Waals surface area contributed by atoms with Crippen molar-refractivity contribution in [2.45, 2.75) is 51.7 Å². The highest BCUT2D eigenvalue weighted by Gasteiger charge is 2.39. The molecule has 2 atom stereocenters. The Morgan fingerprint density at radius 3 is 2.56 bits per heavy atom. The van der Waals surface area contributed by atoms with Gasteiger partial charge in [-0.15, -0.1) is 0 Å². The lowest BCUT2D eigenvalue weighted by molar-refractivity contribution is -0.134. The van der Waals surface area contributed by atoms with Crippen LogP contribution in [-0.4, -0.2) is 29.4 Å². The van der Waals surface area contributed by atoms with Crippen LogP contribution in [0.15, 0.2) is 66.7 Å². The second kappa shape index (κ2) is 10.1. The minimum Gasteiger partial charge on any atom is -0.481 e. The number of hydrogen-bond donors (Lipinski definition) is 1. The number of carbonyl (C=O) groups is 2. The lowest BCUT2D eigenvalue weighted by atomic mass is 9.87. The fourth-order valence-electron chi connectivity index (χ4n) is 4.91. The monoisotopic (exact) mass is 486 g/mol. The molecule has 1 saturated carbocycles. The number of carbonyl (C=O) groups excluding carboxylic acids is 2. The Balaban J connectivity index is 1.42. The maximum absolute atomic E-state index is 13.3. The van der Waals surface area contributed by atoms with Crippen LogP contribution in [0, 0.1) is 18.7 Å². The number of nitrogens with one attached hydrogen (secondary N) is 1. The summed E-state index contributed by atoms with van der Waals surface area (Å²) < 4.78 is 19.4.